The molecule has 0 aromatic heterocycles. The molecular formula is C24H30BrNO6. The molecule has 0 aliphatic carbocycles. The topological polar surface area (TPSA) is 85.3 Å². The SMILES string of the molecule is CCOC(Cc1ccc(OCCN(CC(C)C)C(=O)Oc2ccc(Br)cc2)cc1)C(=O)O. The molecule has 0 saturated heterocycles. The molecule has 0 heterocycles. The van der Waals surface area contributed by atoms with Crippen LogP contribution in [0.5, 0.6) is 11.5 Å². The Morgan fingerprint density at radius 2 is 1.66 bits per heavy atom. The number of amides is 1. The molecule has 0 fully saturated rings. The first-order chi connectivity index (χ1) is 15.3. The lowest BCUT2D eigenvalue weighted by atomic mass is 10.1. The molecule has 0 radical (unpaired) electrons. The van der Waals surface area contributed by atoms with E-state index in [4.69, 9.17) is 14.2 Å². The fourth-order valence-electron chi connectivity index (χ4n) is 2.99. The Balaban J connectivity index is 1.89. The average Bonchev–Trinajstić information content (AvgIpc) is 2.75. The highest BCUT2D eigenvalue weighted by molar-refractivity contribution is 9.10. The number of aliphatic carboxylic acids is 1. The maximum absolute atomic E-state index is 12.6. The van der Waals surface area contributed by atoms with Gasteiger partial charge in [-0.05, 0) is 54.8 Å². The highest BCUT2D eigenvalue weighted by Crippen LogP contribution is 2.18. The highest BCUT2D eigenvalue weighted by atomic mass is 79.9. The second kappa shape index (κ2) is 13.1. The van der Waals surface area contributed by atoms with Crippen molar-refractivity contribution < 1.29 is 28.9 Å². The number of carboxylic acids is 1. The summed E-state index contributed by atoms with van der Waals surface area (Å²) < 4.78 is 17.4. The fourth-order valence-corrected chi connectivity index (χ4v) is 3.26. The van der Waals surface area contributed by atoms with E-state index >= 15 is 0 Å². The van der Waals surface area contributed by atoms with Crippen LogP contribution in [0.25, 0.3) is 0 Å². The van der Waals surface area contributed by atoms with Gasteiger partial charge in [0, 0.05) is 24.0 Å². The number of nitrogens with zero attached hydrogens (tertiary/aromatic N) is 1. The van der Waals surface area contributed by atoms with Crippen LogP contribution in [0.2, 0.25) is 0 Å². The number of benzene rings is 2. The van der Waals surface area contributed by atoms with Gasteiger partial charge in [0.05, 0.1) is 6.54 Å². The standard InChI is InChI=1S/C24H30BrNO6/c1-4-30-22(23(27)28)15-18-5-9-20(10-6-18)31-14-13-26(16-17(2)3)24(29)32-21-11-7-19(25)8-12-21/h5-12,17,22H,4,13-16H2,1-3H3,(H,27,28). The van der Waals surface area contributed by atoms with Gasteiger partial charge in [0.25, 0.3) is 0 Å². The first kappa shape index (κ1) is 25.7. The molecule has 0 bridgehead atoms. The highest BCUT2D eigenvalue weighted by Gasteiger charge is 2.19. The van der Waals surface area contributed by atoms with Crippen molar-refractivity contribution in [2.45, 2.75) is 33.3 Å². The van der Waals surface area contributed by atoms with Crippen molar-refractivity contribution in [1.82, 2.24) is 4.90 Å². The van der Waals surface area contributed by atoms with Gasteiger partial charge in [-0.2, -0.15) is 0 Å². The van der Waals surface area contributed by atoms with Crippen molar-refractivity contribution >= 4 is 28.0 Å². The Kier molecular flexibility index (Phi) is 10.5. The number of carboxylic acid groups (broad SMARTS) is 1. The monoisotopic (exact) mass is 507 g/mol. The molecule has 8 heteroatoms. The molecule has 32 heavy (non-hydrogen) atoms. The molecule has 1 atom stereocenters. The zero-order chi connectivity index (χ0) is 23.5. The lowest BCUT2D eigenvalue weighted by molar-refractivity contribution is -0.149. The summed E-state index contributed by atoms with van der Waals surface area (Å²) in [7, 11) is 0. The summed E-state index contributed by atoms with van der Waals surface area (Å²) in [5.41, 5.74) is 0.845. The quantitative estimate of drug-likeness (QED) is 0.434. The molecule has 1 amide bonds. The molecule has 0 spiro atoms. The zero-order valence-electron chi connectivity index (χ0n) is 18.6. The molecule has 1 unspecified atom stereocenters. The summed E-state index contributed by atoms with van der Waals surface area (Å²) in [4.78, 5) is 25.5. The fraction of sp³-hybridized carbons (Fsp3) is 0.417. The average molecular weight is 508 g/mol. The van der Waals surface area contributed by atoms with Gasteiger partial charge < -0.3 is 24.2 Å². The van der Waals surface area contributed by atoms with E-state index in [1.807, 2.05) is 38.1 Å². The first-order valence-electron chi connectivity index (χ1n) is 10.6. The summed E-state index contributed by atoms with van der Waals surface area (Å²) in [6.07, 6.45) is -1.00. The predicted molar refractivity (Wildman–Crippen MR) is 125 cm³/mol. The van der Waals surface area contributed by atoms with Crippen molar-refractivity contribution in [3.8, 4) is 11.5 Å². The Morgan fingerprint density at radius 1 is 1.03 bits per heavy atom. The number of rotatable bonds is 12. The van der Waals surface area contributed by atoms with Gasteiger partial charge in [-0.15, -0.1) is 0 Å². The van der Waals surface area contributed by atoms with Gasteiger partial charge in [-0.1, -0.05) is 41.9 Å². The van der Waals surface area contributed by atoms with Gasteiger partial charge in [-0.25, -0.2) is 9.59 Å². The van der Waals surface area contributed by atoms with Crippen LogP contribution >= 0.6 is 15.9 Å². The molecule has 7 nitrogen and oxygen atoms in total. The van der Waals surface area contributed by atoms with E-state index in [0.29, 0.717) is 37.8 Å². The van der Waals surface area contributed by atoms with E-state index in [-0.39, 0.29) is 12.3 Å². The third-order valence-corrected chi connectivity index (χ3v) is 5.01. The number of carbonyl (C=O) groups excluding carboxylic acids is 1. The Bertz CT molecular complexity index is 854. The van der Waals surface area contributed by atoms with Crippen LogP contribution in [0.4, 0.5) is 4.79 Å². The molecule has 2 aromatic carbocycles. The van der Waals surface area contributed by atoms with Gasteiger partial charge in [-0.3, -0.25) is 0 Å². The Labute approximate surface area is 197 Å². The Morgan fingerprint density at radius 3 is 2.22 bits per heavy atom. The number of hydrogen-bond donors (Lipinski definition) is 1. The van der Waals surface area contributed by atoms with Gasteiger partial charge in [0.2, 0.25) is 0 Å². The van der Waals surface area contributed by atoms with Crippen LogP contribution in [0.3, 0.4) is 0 Å². The first-order valence-corrected chi connectivity index (χ1v) is 11.4. The van der Waals surface area contributed by atoms with Gasteiger partial charge in [0.1, 0.15) is 18.1 Å². The van der Waals surface area contributed by atoms with Crippen LogP contribution in [0.15, 0.2) is 53.0 Å². The number of halogens is 1. The smallest absolute Gasteiger partial charge is 0.415 e. The second-order valence-corrected chi connectivity index (χ2v) is 8.56. The van der Waals surface area contributed by atoms with Crippen LogP contribution < -0.4 is 9.47 Å². The Hall–Kier alpha value is -2.58. The lowest BCUT2D eigenvalue weighted by Gasteiger charge is -2.24. The van der Waals surface area contributed by atoms with Crippen LogP contribution in [0, 0.1) is 5.92 Å². The van der Waals surface area contributed by atoms with Crippen molar-refractivity contribution in [2.24, 2.45) is 5.92 Å². The molecule has 1 N–H and O–H groups in total. The largest absolute Gasteiger partial charge is 0.492 e. The number of carbonyl (C=O) groups is 2. The molecule has 0 saturated carbocycles. The maximum atomic E-state index is 12.6. The summed E-state index contributed by atoms with van der Waals surface area (Å²) in [6.45, 7) is 7.41. The van der Waals surface area contributed by atoms with Gasteiger partial charge in [0.15, 0.2) is 6.10 Å². The minimum absolute atomic E-state index is 0.277. The third-order valence-electron chi connectivity index (χ3n) is 4.48. The maximum Gasteiger partial charge on any atom is 0.415 e. The lowest BCUT2D eigenvalue weighted by Crippen LogP contribution is -2.39. The normalized spacial score (nSPS) is 11.8. The zero-order valence-corrected chi connectivity index (χ0v) is 20.2. The molecule has 2 aromatic rings. The summed E-state index contributed by atoms with van der Waals surface area (Å²) in [5.74, 6) is 0.421. The third kappa shape index (κ3) is 8.88. The summed E-state index contributed by atoms with van der Waals surface area (Å²) in [6, 6.07) is 14.3. The van der Waals surface area contributed by atoms with E-state index in [9.17, 15) is 14.7 Å². The predicted octanol–water partition coefficient (Wildman–Crippen LogP) is 5.02. The summed E-state index contributed by atoms with van der Waals surface area (Å²) >= 11 is 3.36. The van der Waals surface area contributed by atoms with Crippen molar-refractivity contribution in [3.05, 3.63) is 58.6 Å². The van der Waals surface area contributed by atoms with E-state index < -0.39 is 18.2 Å². The van der Waals surface area contributed by atoms with Crippen molar-refractivity contribution in [2.75, 3.05) is 26.3 Å². The number of hydrogen-bond acceptors (Lipinski definition) is 5. The molecular weight excluding hydrogens is 478 g/mol. The molecule has 0 aliphatic heterocycles. The van der Waals surface area contributed by atoms with E-state index in [2.05, 4.69) is 15.9 Å². The van der Waals surface area contributed by atoms with E-state index in [1.54, 1.807) is 36.1 Å². The minimum atomic E-state index is -0.979. The van der Waals surface area contributed by atoms with Crippen molar-refractivity contribution in [1.29, 1.82) is 0 Å². The molecule has 174 valence electrons. The number of ether oxygens (including phenoxy) is 3. The van der Waals surface area contributed by atoms with Crippen LogP contribution in [-0.2, 0) is 16.0 Å². The molecule has 2 rings (SSSR count). The molecule has 0 aliphatic rings. The van der Waals surface area contributed by atoms with Crippen LogP contribution in [0.1, 0.15) is 26.3 Å². The second-order valence-electron chi connectivity index (χ2n) is 7.64. The van der Waals surface area contributed by atoms with Crippen LogP contribution in [-0.4, -0.2) is 54.5 Å². The van der Waals surface area contributed by atoms with Gasteiger partial charge >= 0.3 is 12.1 Å². The minimum Gasteiger partial charge on any atom is -0.492 e. The summed E-state index contributed by atoms with van der Waals surface area (Å²) in [5, 5.41) is 9.21. The van der Waals surface area contributed by atoms with E-state index in [1.165, 1.54) is 0 Å². The van der Waals surface area contributed by atoms with E-state index in [0.717, 1.165) is 10.0 Å². The van der Waals surface area contributed by atoms with Crippen molar-refractivity contribution in [3.63, 3.8) is 0 Å².